The molecule has 15 heavy (non-hydrogen) atoms. The molecule has 0 bridgehead atoms. The van der Waals surface area contributed by atoms with Crippen molar-refractivity contribution in [3.8, 4) is 0 Å². The Morgan fingerprint density at radius 2 is 2.07 bits per heavy atom. The molecule has 1 heterocycles. The van der Waals surface area contributed by atoms with E-state index in [0.717, 1.165) is 16.6 Å². The molecule has 2 rings (SSSR count). The molecule has 0 aliphatic carbocycles. The van der Waals surface area contributed by atoms with Crippen LogP contribution in [0.3, 0.4) is 0 Å². The van der Waals surface area contributed by atoms with Crippen LogP contribution in [-0.4, -0.2) is 17.9 Å². The van der Waals surface area contributed by atoms with Gasteiger partial charge in [-0.25, -0.2) is 4.99 Å². The molecule has 1 aliphatic rings. The molecule has 0 saturated carbocycles. The number of hydrogen-bond donors (Lipinski definition) is 0. The van der Waals surface area contributed by atoms with Crippen molar-refractivity contribution in [2.75, 3.05) is 7.05 Å². The lowest BCUT2D eigenvalue weighted by Crippen LogP contribution is -2.33. The second kappa shape index (κ2) is 3.83. The summed E-state index contributed by atoms with van der Waals surface area (Å²) < 4.78 is 0.743. The fourth-order valence-corrected chi connectivity index (χ4v) is 1.67. The van der Waals surface area contributed by atoms with Crippen molar-refractivity contribution in [1.29, 1.82) is 0 Å². The first-order valence-electron chi connectivity index (χ1n) is 5.00. The molecule has 0 spiro atoms. The van der Waals surface area contributed by atoms with E-state index in [1.54, 1.807) is 0 Å². The minimum atomic E-state index is 0.743. The van der Waals surface area contributed by atoms with Crippen LogP contribution in [0.2, 0.25) is 0 Å². The van der Waals surface area contributed by atoms with Crippen LogP contribution in [0.15, 0.2) is 48.2 Å². The smallest absolute Gasteiger partial charge is 0.194 e. The zero-order valence-electron chi connectivity index (χ0n) is 8.93. The number of aliphatic imine (C=N–C) groups is 1. The van der Waals surface area contributed by atoms with Crippen molar-refractivity contribution in [1.82, 2.24) is 0 Å². The van der Waals surface area contributed by atoms with Gasteiger partial charge < -0.3 is 0 Å². The fourth-order valence-electron chi connectivity index (χ4n) is 1.67. The molecule has 1 aromatic carbocycles. The monoisotopic (exact) mass is 199 g/mol. The predicted octanol–water partition coefficient (Wildman–Crippen LogP) is 2.79. The summed E-state index contributed by atoms with van der Waals surface area (Å²) >= 11 is 0. The third-order valence-corrected chi connectivity index (χ3v) is 2.56. The topological polar surface area (TPSA) is 12.4 Å². The molecule has 1 aliphatic heterocycles. The highest BCUT2D eigenvalue weighted by molar-refractivity contribution is 5.51. The van der Waals surface area contributed by atoms with E-state index in [0.29, 0.717) is 0 Å². The van der Waals surface area contributed by atoms with Crippen LogP contribution in [0.25, 0.3) is 6.08 Å². The van der Waals surface area contributed by atoms with E-state index in [2.05, 4.69) is 49.1 Å². The molecule has 0 radical (unpaired) electrons. The van der Waals surface area contributed by atoms with Gasteiger partial charge in [0, 0.05) is 5.56 Å². The SMILES string of the molecule is C=Cc1ccc(C[N+]2(C)C=CN=C2)cc1. The van der Waals surface area contributed by atoms with Crippen molar-refractivity contribution in [2.45, 2.75) is 6.54 Å². The van der Waals surface area contributed by atoms with Gasteiger partial charge in [-0.3, -0.25) is 4.48 Å². The lowest BCUT2D eigenvalue weighted by molar-refractivity contribution is -0.771. The molecule has 0 amide bonds. The number of nitrogens with zero attached hydrogens (tertiary/aromatic N) is 2. The fraction of sp³-hybridized carbons (Fsp3) is 0.154. The molecule has 76 valence electrons. The van der Waals surface area contributed by atoms with Crippen molar-refractivity contribution in [3.05, 3.63) is 54.4 Å². The van der Waals surface area contributed by atoms with E-state index in [1.165, 1.54) is 5.56 Å². The van der Waals surface area contributed by atoms with Gasteiger partial charge in [-0.2, -0.15) is 0 Å². The molecule has 2 heteroatoms. The van der Waals surface area contributed by atoms with Gasteiger partial charge in [0.05, 0.1) is 13.2 Å². The second-order valence-electron chi connectivity index (χ2n) is 4.01. The van der Waals surface area contributed by atoms with Gasteiger partial charge in [-0.05, 0) is 5.56 Å². The normalized spacial score (nSPS) is 23.3. The van der Waals surface area contributed by atoms with E-state index in [-0.39, 0.29) is 0 Å². The Kier molecular flexibility index (Phi) is 2.52. The number of benzene rings is 1. The van der Waals surface area contributed by atoms with E-state index in [9.17, 15) is 0 Å². The Morgan fingerprint density at radius 1 is 1.33 bits per heavy atom. The Hall–Kier alpha value is -1.67. The average molecular weight is 199 g/mol. The molecule has 2 nitrogen and oxygen atoms in total. The molecule has 0 aromatic heterocycles. The largest absolute Gasteiger partial charge is 0.252 e. The van der Waals surface area contributed by atoms with Gasteiger partial charge in [0.15, 0.2) is 6.34 Å². The summed E-state index contributed by atoms with van der Waals surface area (Å²) in [5, 5.41) is 0. The number of hydrogen-bond acceptors (Lipinski definition) is 1. The first-order valence-corrected chi connectivity index (χ1v) is 5.00. The summed E-state index contributed by atoms with van der Waals surface area (Å²) in [7, 11) is 2.13. The molecule has 0 fully saturated rings. The standard InChI is InChI=1S/C13H15N2/c1-3-12-4-6-13(7-5-12)10-15(2)9-8-14-11-15/h3-9,11H,1,10H2,2H3/q+1. The van der Waals surface area contributed by atoms with Crippen molar-refractivity contribution in [3.63, 3.8) is 0 Å². The van der Waals surface area contributed by atoms with E-state index in [1.807, 2.05) is 18.6 Å². The molecular formula is C13H15N2+. The minimum Gasteiger partial charge on any atom is -0.252 e. The van der Waals surface area contributed by atoms with Crippen molar-refractivity contribution < 1.29 is 4.48 Å². The third-order valence-electron chi connectivity index (χ3n) is 2.56. The summed E-state index contributed by atoms with van der Waals surface area (Å²) in [6.45, 7) is 4.68. The van der Waals surface area contributed by atoms with Crippen molar-refractivity contribution in [2.24, 2.45) is 4.99 Å². The maximum Gasteiger partial charge on any atom is 0.194 e. The lowest BCUT2D eigenvalue weighted by Gasteiger charge is -2.21. The Labute approximate surface area is 90.5 Å². The first-order chi connectivity index (χ1) is 7.22. The van der Waals surface area contributed by atoms with E-state index < -0.39 is 0 Å². The minimum absolute atomic E-state index is 0.743. The highest BCUT2D eigenvalue weighted by atomic mass is 15.3. The highest BCUT2D eigenvalue weighted by Crippen LogP contribution is 2.15. The van der Waals surface area contributed by atoms with Gasteiger partial charge in [-0.15, -0.1) is 0 Å². The maximum absolute atomic E-state index is 4.12. The van der Waals surface area contributed by atoms with Gasteiger partial charge in [0.2, 0.25) is 0 Å². The van der Waals surface area contributed by atoms with Crippen LogP contribution in [0.5, 0.6) is 0 Å². The zero-order chi connectivity index (χ0) is 10.7. The molecule has 1 aromatic rings. The van der Waals surface area contributed by atoms with Crippen LogP contribution < -0.4 is 0 Å². The van der Waals surface area contributed by atoms with Crippen LogP contribution in [0.4, 0.5) is 0 Å². The molecule has 1 atom stereocenters. The summed E-state index contributed by atoms with van der Waals surface area (Å²) in [4.78, 5) is 4.12. The summed E-state index contributed by atoms with van der Waals surface area (Å²) in [5.41, 5.74) is 2.47. The third kappa shape index (κ3) is 2.22. The average Bonchev–Trinajstić information content (AvgIpc) is 2.66. The molecule has 1 unspecified atom stereocenters. The van der Waals surface area contributed by atoms with Crippen LogP contribution in [-0.2, 0) is 6.54 Å². The van der Waals surface area contributed by atoms with Crippen LogP contribution in [0, 0.1) is 0 Å². The quantitative estimate of drug-likeness (QED) is 0.664. The number of quaternary nitrogens is 1. The second-order valence-corrected chi connectivity index (χ2v) is 4.01. The van der Waals surface area contributed by atoms with Gasteiger partial charge >= 0.3 is 0 Å². The van der Waals surface area contributed by atoms with E-state index in [4.69, 9.17) is 0 Å². The Morgan fingerprint density at radius 3 is 2.60 bits per heavy atom. The molecule has 0 saturated heterocycles. The predicted molar refractivity (Wildman–Crippen MR) is 64.1 cm³/mol. The van der Waals surface area contributed by atoms with Crippen LogP contribution >= 0.6 is 0 Å². The first kappa shape index (κ1) is 9.87. The summed E-state index contributed by atoms with van der Waals surface area (Å²) in [6.07, 6.45) is 7.73. The number of rotatable bonds is 3. The zero-order valence-corrected chi connectivity index (χ0v) is 8.93. The lowest BCUT2D eigenvalue weighted by atomic mass is 10.1. The summed E-state index contributed by atoms with van der Waals surface area (Å²) in [6, 6.07) is 8.46. The van der Waals surface area contributed by atoms with Gasteiger partial charge in [-0.1, -0.05) is 36.9 Å². The Balaban J connectivity index is 2.14. The van der Waals surface area contributed by atoms with Crippen molar-refractivity contribution >= 4 is 12.4 Å². The Bertz CT molecular complexity index is 401. The maximum atomic E-state index is 4.12. The van der Waals surface area contributed by atoms with Gasteiger partial charge in [0.1, 0.15) is 12.7 Å². The van der Waals surface area contributed by atoms with E-state index >= 15 is 0 Å². The highest BCUT2D eigenvalue weighted by Gasteiger charge is 2.19. The summed E-state index contributed by atoms with van der Waals surface area (Å²) in [5.74, 6) is 0. The van der Waals surface area contributed by atoms with Gasteiger partial charge in [0.25, 0.3) is 0 Å². The molecule has 0 N–H and O–H groups in total. The van der Waals surface area contributed by atoms with Crippen LogP contribution in [0.1, 0.15) is 11.1 Å². The molecular weight excluding hydrogens is 184 g/mol.